The van der Waals surface area contributed by atoms with Gasteiger partial charge in [-0.25, -0.2) is 4.68 Å². The second kappa shape index (κ2) is 5.61. The first-order valence-corrected chi connectivity index (χ1v) is 7.66. The molecule has 3 aromatic carbocycles. The summed E-state index contributed by atoms with van der Waals surface area (Å²) in [6.07, 6.45) is 0. The number of aromatic nitrogens is 2. The predicted octanol–water partition coefficient (Wildman–Crippen LogP) is 4.33. The normalized spacial score (nSPS) is 11.0. The molecule has 2 N–H and O–H groups in total. The predicted molar refractivity (Wildman–Crippen MR) is 95.1 cm³/mol. The number of benzene rings is 3. The monoisotopic (exact) mass is 299 g/mol. The topological polar surface area (TPSA) is 43.8 Å². The van der Waals surface area contributed by atoms with E-state index in [2.05, 4.69) is 59.7 Å². The second-order valence-corrected chi connectivity index (χ2v) is 5.66. The van der Waals surface area contributed by atoms with Crippen LogP contribution in [0.3, 0.4) is 0 Å². The molecule has 4 rings (SSSR count). The molecule has 3 heteroatoms. The molecule has 0 fully saturated rings. The standard InChI is InChI=1S/C20H17N3/c21-20-13-19(22-23(20)14-15-6-2-1-3-7-15)18-11-10-16-8-4-5-9-17(16)12-18/h1-13H,14,21H2. The van der Waals surface area contributed by atoms with Gasteiger partial charge in [-0.2, -0.15) is 5.10 Å². The molecule has 0 saturated heterocycles. The van der Waals surface area contributed by atoms with Crippen molar-refractivity contribution in [1.29, 1.82) is 0 Å². The maximum atomic E-state index is 6.14. The summed E-state index contributed by atoms with van der Waals surface area (Å²) in [7, 11) is 0. The van der Waals surface area contributed by atoms with Gasteiger partial charge in [-0.3, -0.25) is 0 Å². The minimum absolute atomic E-state index is 0.678. The van der Waals surface area contributed by atoms with Crippen molar-refractivity contribution in [2.45, 2.75) is 6.54 Å². The third-order valence-corrected chi connectivity index (χ3v) is 4.03. The van der Waals surface area contributed by atoms with Gasteiger partial charge in [0.1, 0.15) is 5.82 Å². The first-order chi connectivity index (χ1) is 11.3. The Hall–Kier alpha value is -3.07. The summed E-state index contributed by atoms with van der Waals surface area (Å²) in [5.74, 6) is 0.678. The molecular weight excluding hydrogens is 282 g/mol. The molecule has 0 unspecified atom stereocenters. The fraction of sp³-hybridized carbons (Fsp3) is 0.0500. The fourth-order valence-corrected chi connectivity index (χ4v) is 2.80. The van der Waals surface area contributed by atoms with Crippen LogP contribution in [0.25, 0.3) is 22.0 Å². The molecule has 0 bridgehead atoms. The molecular formula is C20H17N3. The van der Waals surface area contributed by atoms with Crippen LogP contribution in [0.15, 0.2) is 78.9 Å². The minimum atomic E-state index is 0.678. The number of rotatable bonds is 3. The van der Waals surface area contributed by atoms with E-state index >= 15 is 0 Å². The number of hydrogen-bond donors (Lipinski definition) is 1. The molecule has 112 valence electrons. The van der Waals surface area contributed by atoms with Gasteiger partial charge < -0.3 is 5.73 Å². The zero-order valence-electron chi connectivity index (χ0n) is 12.7. The highest BCUT2D eigenvalue weighted by Gasteiger charge is 2.08. The van der Waals surface area contributed by atoms with Gasteiger partial charge in [-0.1, -0.05) is 66.7 Å². The van der Waals surface area contributed by atoms with Crippen LogP contribution in [0, 0.1) is 0 Å². The van der Waals surface area contributed by atoms with Crippen LogP contribution in [0.5, 0.6) is 0 Å². The van der Waals surface area contributed by atoms with E-state index in [0.29, 0.717) is 12.4 Å². The summed E-state index contributed by atoms with van der Waals surface area (Å²) in [4.78, 5) is 0. The summed E-state index contributed by atoms with van der Waals surface area (Å²) in [6, 6.07) is 26.9. The van der Waals surface area contributed by atoms with E-state index < -0.39 is 0 Å². The molecule has 23 heavy (non-hydrogen) atoms. The van der Waals surface area contributed by atoms with Gasteiger partial charge >= 0.3 is 0 Å². The second-order valence-electron chi connectivity index (χ2n) is 5.66. The van der Waals surface area contributed by atoms with Gasteiger partial charge in [0.05, 0.1) is 12.2 Å². The Morgan fingerprint density at radius 1 is 0.783 bits per heavy atom. The highest BCUT2D eigenvalue weighted by atomic mass is 15.3. The van der Waals surface area contributed by atoms with Crippen LogP contribution in [0.4, 0.5) is 5.82 Å². The number of hydrogen-bond acceptors (Lipinski definition) is 2. The quantitative estimate of drug-likeness (QED) is 0.612. The van der Waals surface area contributed by atoms with Crippen molar-refractivity contribution in [3.63, 3.8) is 0 Å². The molecule has 0 aliphatic heterocycles. The maximum Gasteiger partial charge on any atom is 0.122 e. The molecule has 0 aliphatic carbocycles. The van der Waals surface area contributed by atoms with Crippen LogP contribution in [-0.4, -0.2) is 9.78 Å². The van der Waals surface area contributed by atoms with E-state index in [1.807, 2.05) is 28.9 Å². The van der Waals surface area contributed by atoms with E-state index in [4.69, 9.17) is 5.73 Å². The third kappa shape index (κ3) is 2.69. The summed E-state index contributed by atoms with van der Waals surface area (Å²) in [5, 5.41) is 7.11. The van der Waals surface area contributed by atoms with Crippen LogP contribution < -0.4 is 5.73 Å². The van der Waals surface area contributed by atoms with Gasteiger partial charge in [0.15, 0.2) is 0 Å². The van der Waals surface area contributed by atoms with Gasteiger partial charge in [0, 0.05) is 11.6 Å². The van der Waals surface area contributed by atoms with E-state index in [1.54, 1.807) is 0 Å². The lowest BCUT2D eigenvalue weighted by molar-refractivity contribution is 0.700. The zero-order chi connectivity index (χ0) is 15.6. The Balaban J connectivity index is 1.70. The molecule has 0 aliphatic rings. The van der Waals surface area contributed by atoms with Crippen LogP contribution >= 0.6 is 0 Å². The van der Waals surface area contributed by atoms with Gasteiger partial charge in [0.25, 0.3) is 0 Å². The highest BCUT2D eigenvalue weighted by Crippen LogP contribution is 2.25. The first-order valence-electron chi connectivity index (χ1n) is 7.66. The van der Waals surface area contributed by atoms with Gasteiger partial charge in [-0.15, -0.1) is 0 Å². The molecule has 0 amide bonds. The molecule has 1 heterocycles. The van der Waals surface area contributed by atoms with Gasteiger partial charge in [-0.05, 0) is 22.4 Å². The number of fused-ring (bicyclic) bond motifs is 1. The van der Waals surface area contributed by atoms with Crippen LogP contribution in [0.1, 0.15) is 5.56 Å². The van der Waals surface area contributed by atoms with E-state index in [9.17, 15) is 0 Å². The molecule has 0 radical (unpaired) electrons. The third-order valence-electron chi connectivity index (χ3n) is 4.03. The number of nitrogen functional groups attached to an aromatic ring is 1. The molecule has 1 aromatic heterocycles. The van der Waals surface area contributed by atoms with E-state index in [0.717, 1.165) is 11.3 Å². The van der Waals surface area contributed by atoms with Crippen molar-refractivity contribution in [3.8, 4) is 11.3 Å². The van der Waals surface area contributed by atoms with Crippen molar-refractivity contribution in [1.82, 2.24) is 9.78 Å². The lowest BCUT2D eigenvalue weighted by Gasteiger charge is -2.04. The smallest absolute Gasteiger partial charge is 0.122 e. The van der Waals surface area contributed by atoms with Crippen molar-refractivity contribution < 1.29 is 0 Å². The SMILES string of the molecule is Nc1cc(-c2ccc3ccccc3c2)nn1Cc1ccccc1. The minimum Gasteiger partial charge on any atom is -0.384 e. The largest absolute Gasteiger partial charge is 0.384 e. The maximum absolute atomic E-state index is 6.14. The van der Waals surface area contributed by atoms with Crippen LogP contribution in [-0.2, 0) is 6.54 Å². The number of anilines is 1. The Morgan fingerprint density at radius 2 is 1.52 bits per heavy atom. The number of nitrogens with two attached hydrogens (primary N) is 1. The van der Waals surface area contributed by atoms with Crippen LogP contribution in [0.2, 0.25) is 0 Å². The van der Waals surface area contributed by atoms with Crippen molar-refractivity contribution in [2.75, 3.05) is 5.73 Å². The summed E-state index contributed by atoms with van der Waals surface area (Å²) >= 11 is 0. The Labute approximate surface area is 135 Å². The average molecular weight is 299 g/mol. The summed E-state index contributed by atoms with van der Waals surface area (Å²) in [5.41, 5.74) is 9.32. The first kappa shape index (κ1) is 13.6. The number of nitrogens with zero attached hydrogens (tertiary/aromatic N) is 2. The molecule has 0 spiro atoms. The summed E-state index contributed by atoms with van der Waals surface area (Å²) < 4.78 is 1.85. The molecule has 4 aromatic rings. The molecule has 0 atom stereocenters. The average Bonchev–Trinajstić information content (AvgIpc) is 2.96. The molecule has 3 nitrogen and oxygen atoms in total. The summed E-state index contributed by atoms with van der Waals surface area (Å²) in [6.45, 7) is 0.681. The van der Waals surface area contributed by atoms with E-state index in [1.165, 1.54) is 16.3 Å². The fourth-order valence-electron chi connectivity index (χ4n) is 2.80. The van der Waals surface area contributed by atoms with Crippen molar-refractivity contribution >= 4 is 16.6 Å². The zero-order valence-corrected chi connectivity index (χ0v) is 12.7. The lowest BCUT2D eigenvalue weighted by atomic mass is 10.1. The van der Waals surface area contributed by atoms with Gasteiger partial charge in [0.2, 0.25) is 0 Å². The lowest BCUT2D eigenvalue weighted by Crippen LogP contribution is -2.05. The molecule has 0 saturated carbocycles. The van der Waals surface area contributed by atoms with Crippen molar-refractivity contribution in [2.24, 2.45) is 0 Å². The highest BCUT2D eigenvalue weighted by molar-refractivity contribution is 5.86. The van der Waals surface area contributed by atoms with Crippen molar-refractivity contribution in [3.05, 3.63) is 84.4 Å². The Morgan fingerprint density at radius 3 is 2.35 bits per heavy atom. The Kier molecular flexibility index (Phi) is 3.31. The Bertz CT molecular complexity index is 955. The van der Waals surface area contributed by atoms with E-state index in [-0.39, 0.29) is 0 Å².